The molecule has 7 fully saturated rings. The van der Waals surface area contributed by atoms with Gasteiger partial charge in [-0.2, -0.15) is 0 Å². The lowest BCUT2D eigenvalue weighted by Gasteiger charge is -2.69. The lowest BCUT2D eigenvalue weighted by Crippen LogP contribution is -2.81. The van der Waals surface area contributed by atoms with E-state index in [1.54, 1.807) is 52.5 Å². The molecule has 2 N–H and O–H groups in total. The Hall–Kier alpha value is -2.74. The van der Waals surface area contributed by atoms with Gasteiger partial charge in [0.1, 0.15) is 17.0 Å². The third kappa shape index (κ3) is 3.56. The molecule has 7 bridgehead atoms. The largest absolute Gasteiger partial charge is 0.461 e. The number of carbonyl (C=O) groups excluding carboxylic acids is 4. The van der Waals surface area contributed by atoms with Gasteiger partial charge in [0.05, 0.1) is 48.1 Å². The van der Waals surface area contributed by atoms with Crippen molar-refractivity contribution in [1.29, 1.82) is 0 Å². The van der Waals surface area contributed by atoms with Crippen LogP contribution in [-0.2, 0) is 33.3 Å². The number of likely N-dealkylation sites (N-methyl/N-ethyl adjacent to an activating group) is 1. The Morgan fingerprint density at radius 2 is 1.81 bits per heavy atom. The number of piperidine rings is 1. The molecule has 8 rings (SSSR count). The lowest BCUT2D eigenvalue weighted by molar-refractivity contribution is -0.300. The van der Waals surface area contributed by atoms with Crippen LogP contribution in [0, 0.1) is 40.4 Å². The van der Waals surface area contributed by atoms with Crippen molar-refractivity contribution in [3.05, 3.63) is 29.8 Å². The molecule has 13 atom stereocenters. The first-order valence-electron chi connectivity index (χ1n) is 17.3. The van der Waals surface area contributed by atoms with Gasteiger partial charge >= 0.3 is 5.97 Å². The van der Waals surface area contributed by atoms with Crippen molar-refractivity contribution in [3.8, 4) is 0 Å². The Morgan fingerprint density at radius 3 is 2.46 bits per heavy atom. The molecule has 12 heteroatoms. The Balaban J connectivity index is 1.23. The number of hydrogen-bond acceptors (Lipinski definition) is 11. The molecule has 0 radical (unpaired) electrons. The summed E-state index contributed by atoms with van der Waals surface area (Å²) in [5.41, 5.74) is -4.80. The number of benzene rings is 1. The van der Waals surface area contributed by atoms with Crippen LogP contribution in [0.25, 0.3) is 0 Å². The minimum atomic E-state index is -1.84. The number of carbonyl (C=O) groups is 4. The van der Waals surface area contributed by atoms with Crippen LogP contribution in [0.5, 0.6) is 0 Å². The van der Waals surface area contributed by atoms with E-state index >= 15 is 0 Å². The second-order valence-electron chi connectivity index (χ2n) is 15.5. The molecule has 1 aromatic rings. The number of hydrogen-bond donors (Lipinski definition) is 2. The third-order valence-corrected chi connectivity index (χ3v) is 14.0. The van der Waals surface area contributed by atoms with E-state index in [-0.39, 0.29) is 66.2 Å². The molecule has 7 aliphatic rings. The Morgan fingerprint density at radius 1 is 1.06 bits per heavy atom. The number of aliphatic hydroxyl groups is 2. The van der Waals surface area contributed by atoms with Gasteiger partial charge in [0.15, 0.2) is 0 Å². The minimum absolute atomic E-state index is 0.0195. The molecular formula is C36H46N2O10. The Bertz CT molecular complexity index is 1580. The topological polar surface area (TPSA) is 152 Å². The number of anilines is 1. The van der Waals surface area contributed by atoms with Gasteiger partial charge in [0.25, 0.3) is 0 Å². The molecule has 5 saturated carbocycles. The Labute approximate surface area is 280 Å². The molecule has 48 heavy (non-hydrogen) atoms. The fourth-order valence-corrected chi connectivity index (χ4v) is 12.6. The second-order valence-corrected chi connectivity index (χ2v) is 15.5. The van der Waals surface area contributed by atoms with Gasteiger partial charge in [-0.1, -0.05) is 26.0 Å². The van der Waals surface area contributed by atoms with Gasteiger partial charge in [-0.3, -0.25) is 19.3 Å². The van der Waals surface area contributed by atoms with Crippen molar-refractivity contribution in [1.82, 2.24) is 4.90 Å². The zero-order valence-corrected chi connectivity index (χ0v) is 28.2. The van der Waals surface area contributed by atoms with Crippen molar-refractivity contribution in [2.45, 2.75) is 81.5 Å². The summed E-state index contributed by atoms with van der Waals surface area (Å²) in [6.07, 6.45) is 0.178. The van der Waals surface area contributed by atoms with E-state index in [1.165, 1.54) is 0 Å². The zero-order chi connectivity index (χ0) is 34.1. The second kappa shape index (κ2) is 10.6. The van der Waals surface area contributed by atoms with Crippen LogP contribution < -0.4 is 4.90 Å². The number of ketones is 1. The van der Waals surface area contributed by atoms with Crippen molar-refractivity contribution >= 4 is 29.3 Å². The van der Waals surface area contributed by atoms with Crippen LogP contribution in [-0.4, -0.2) is 115 Å². The standard InChI is InChI=1S/C36H46N2O10/c1-6-37-16-33(17-48-31(42)19-9-7-8-10-22(19)38-25(39)13-18(2)30(38)41)12-11-24(46-4)35-21-14-20-23(45-3)15-34(43,26(21)27(20)40)36(44,32(35)37)29(47-5)28(33)35/h7-10,18,20-21,23-24,26,28-29,32,43-44H,6,11-17H2,1-5H3/t18-,20+,21+,23-,24-,26+,28+,29-,32-,33-,34+,35-,36+/m0/s1. The molecule has 260 valence electrons. The number of fused-ring (bicyclic) bond motifs is 2. The first-order valence-corrected chi connectivity index (χ1v) is 17.3. The summed E-state index contributed by atoms with van der Waals surface area (Å²) >= 11 is 0. The maximum Gasteiger partial charge on any atom is 0.340 e. The predicted molar refractivity (Wildman–Crippen MR) is 169 cm³/mol. The first-order chi connectivity index (χ1) is 22.9. The smallest absolute Gasteiger partial charge is 0.340 e. The molecule has 12 nitrogen and oxygen atoms in total. The number of nitrogens with zero attached hydrogens (tertiary/aromatic N) is 2. The average Bonchev–Trinajstić information content (AvgIpc) is 3.56. The average molecular weight is 667 g/mol. The van der Waals surface area contributed by atoms with Gasteiger partial charge in [-0.05, 0) is 43.9 Å². The third-order valence-electron chi connectivity index (χ3n) is 14.0. The van der Waals surface area contributed by atoms with Crippen LogP contribution in [0.3, 0.4) is 0 Å². The van der Waals surface area contributed by atoms with Crippen LogP contribution in [0.4, 0.5) is 5.69 Å². The summed E-state index contributed by atoms with van der Waals surface area (Å²) in [6, 6.07) is 5.93. The molecule has 2 aliphatic heterocycles. The summed E-state index contributed by atoms with van der Waals surface area (Å²) in [7, 11) is 4.78. The van der Waals surface area contributed by atoms with E-state index in [2.05, 4.69) is 4.90 Å². The highest BCUT2D eigenvalue weighted by atomic mass is 16.5. The number of Topliss-reactive ketones (excluding diaryl/α,β-unsaturated/α-hetero) is 1. The van der Waals surface area contributed by atoms with E-state index in [0.717, 1.165) is 4.90 Å². The molecule has 0 unspecified atom stereocenters. The van der Waals surface area contributed by atoms with Crippen LogP contribution in [0.15, 0.2) is 24.3 Å². The van der Waals surface area contributed by atoms with Crippen molar-refractivity contribution in [3.63, 3.8) is 0 Å². The van der Waals surface area contributed by atoms with E-state index in [1.807, 2.05) is 6.92 Å². The molecule has 2 amide bonds. The van der Waals surface area contributed by atoms with Gasteiger partial charge in [0, 0.05) is 69.3 Å². The lowest BCUT2D eigenvalue weighted by atomic mass is 9.42. The summed E-state index contributed by atoms with van der Waals surface area (Å²) in [4.78, 5) is 57.2. The van der Waals surface area contributed by atoms with E-state index in [0.29, 0.717) is 32.4 Å². The summed E-state index contributed by atoms with van der Waals surface area (Å²) < 4.78 is 24.7. The van der Waals surface area contributed by atoms with Gasteiger partial charge in [-0.25, -0.2) is 9.69 Å². The van der Waals surface area contributed by atoms with Crippen LogP contribution in [0.2, 0.25) is 0 Å². The molecule has 5 aliphatic carbocycles. The fourth-order valence-electron chi connectivity index (χ4n) is 12.6. The predicted octanol–water partition coefficient (Wildman–Crippen LogP) is 1.59. The maximum atomic E-state index is 14.1. The SMILES string of the molecule is CCN1C[C@]2(COC(=O)c3ccccc3N3C(=O)C[C@H](C)C3=O)CC[C@H](OC)[C@@]34[C@@H]5C[C@H]6C(=O)[C@@H]5[C@](O)(C[C@@H]6OC)[C@@](O)([C@@H](OC)[C@H]23)[C@@H]14. The van der Waals surface area contributed by atoms with E-state index < -0.39 is 64.0 Å². The number of likely N-dealkylation sites (tertiary alicyclic amines) is 1. The van der Waals surface area contributed by atoms with Gasteiger partial charge < -0.3 is 29.2 Å². The quantitative estimate of drug-likeness (QED) is 0.307. The molecule has 2 heterocycles. The number of amides is 2. The molecular weight excluding hydrogens is 620 g/mol. The highest BCUT2D eigenvalue weighted by molar-refractivity contribution is 6.22. The van der Waals surface area contributed by atoms with Crippen molar-refractivity contribution in [2.24, 2.45) is 40.4 Å². The first kappa shape index (κ1) is 32.5. The minimum Gasteiger partial charge on any atom is -0.461 e. The number of methoxy groups -OCH3 is 3. The fraction of sp³-hybridized carbons (Fsp3) is 0.722. The van der Waals surface area contributed by atoms with Gasteiger partial charge in [-0.15, -0.1) is 0 Å². The summed E-state index contributed by atoms with van der Waals surface area (Å²) in [5, 5.41) is 26.1. The monoisotopic (exact) mass is 666 g/mol. The van der Waals surface area contributed by atoms with Crippen molar-refractivity contribution < 1.29 is 48.3 Å². The Kier molecular flexibility index (Phi) is 7.19. The maximum absolute atomic E-state index is 14.1. The summed E-state index contributed by atoms with van der Waals surface area (Å²) in [6.45, 7) is 4.72. The number of esters is 1. The number of para-hydroxylation sites is 1. The van der Waals surface area contributed by atoms with Crippen LogP contribution >= 0.6 is 0 Å². The molecule has 2 saturated heterocycles. The number of rotatable bonds is 8. The number of ether oxygens (including phenoxy) is 4. The molecule has 1 spiro atoms. The highest BCUT2D eigenvalue weighted by Crippen LogP contribution is 2.80. The van der Waals surface area contributed by atoms with Crippen LogP contribution in [0.1, 0.15) is 56.3 Å². The van der Waals surface area contributed by atoms with E-state index in [9.17, 15) is 29.4 Å². The number of imide groups is 1. The normalized spacial score (nSPS) is 47.2. The van der Waals surface area contributed by atoms with E-state index in [4.69, 9.17) is 18.9 Å². The van der Waals surface area contributed by atoms with Gasteiger partial charge in [0.2, 0.25) is 11.8 Å². The molecule has 1 aromatic carbocycles. The molecule has 0 aromatic heterocycles. The zero-order valence-electron chi connectivity index (χ0n) is 28.2. The highest BCUT2D eigenvalue weighted by Gasteiger charge is 2.91. The summed E-state index contributed by atoms with van der Waals surface area (Å²) in [5.74, 6) is -3.81. The van der Waals surface area contributed by atoms with Crippen molar-refractivity contribution in [2.75, 3.05) is 45.9 Å².